The van der Waals surface area contributed by atoms with Crippen LogP contribution < -0.4 is 15.5 Å². The maximum Gasteiger partial charge on any atom is 0.276 e. The van der Waals surface area contributed by atoms with Gasteiger partial charge in [0, 0.05) is 31.2 Å². The second-order valence-corrected chi connectivity index (χ2v) is 8.06. The zero-order valence-corrected chi connectivity index (χ0v) is 18.1. The highest BCUT2D eigenvalue weighted by molar-refractivity contribution is 6.02. The van der Waals surface area contributed by atoms with Gasteiger partial charge in [0.05, 0.1) is 0 Å². The third kappa shape index (κ3) is 5.49. The van der Waals surface area contributed by atoms with Crippen LogP contribution in [0.2, 0.25) is 0 Å². The minimum atomic E-state index is -0.292. The lowest BCUT2D eigenvalue weighted by Crippen LogP contribution is -2.40. The second-order valence-electron chi connectivity index (χ2n) is 8.06. The Labute approximate surface area is 187 Å². The summed E-state index contributed by atoms with van der Waals surface area (Å²) in [6.45, 7) is 4.06. The van der Waals surface area contributed by atoms with Gasteiger partial charge < -0.3 is 15.5 Å². The predicted molar refractivity (Wildman–Crippen MR) is 124 cm³/mol. The number of hydrogen-bond donors (Lipinski definition) is 2. The number of carbonyl (C=O) groups is 2. The molecule has 2 N–H and O–H groups in total. The zero-order chi connectivity index (χ0) is 22.3. The monoisotopic (exact) mass is 429 g/mol. The fraction of sp³-hybridized carbons (Fsp3) is 0.280. The van der Waals surface area contributed by atoms with Gasteiger partial charge in [0.15, 0.2) is 11.5 Å². The fourth-order valence-electron chi connectivity index (χ4n) is 3.74. The summed E-state index contributed by atoms with van der Waals surface area (Å²) in [5.41, 5.74) is 3.29. The molecule has 2 heterocycles. The van der Waals surface area contributed by atoms with Crippen molar-refractivity contribution in [3.8, 4) is 0 Å². The summed E-state index contributed by atoms with van der Waals surface area (Å²) in [4.78, 5) is 27.0. The maximum absolute atomic E-state index is 12.5. The highest BCUT2D eigenvalue weighted by Crippen LogP contribution is 2.22. The smallest absolute Gasteiger partial charge is 0.276 e. The molecule has 0 aliphatic carbocycles. The number of aryl methyl sites for hydroxylation is 1. The third-order valence-electron chi connectivity index (χ3n) is 5.69. The molecule has 0 saturated carbocycles. The molecule has 1 aromatic heterocycles. The number of carbonyl (C=O) groups excluding carboxylic acids is 2. The van der Waals surface area contributed by atoms with Crippen molar-refractivity contribution < 1.29 is 9.59 Å². The first-order valence-electron chi connectivity index (χ1n) is 10.9. The van der Waals surface area contributed by atoms with Crippen LogP contribution in [-0.4, -0.2) is 35.1 Å². The first-order valence-corrected chi connectivity index (χ1v) is 10.9. The van der Waals surface area contributed by atoms with Gasteiger partial charge in [0.2, 0.25) is 5.91 Å². The summed E-state index contributed by atoms with van der Waals surface area (Å²) in [5.74, 6) is 0.531. The average Bonchev–Trinajstić information content (AvgIpc) is 2.84. The quantitative estimate of drug-likeness (QED) is 0.626. The molecule has 2 amide bonds. The molecule has 2 aromatic carbocycles. The number of benzene rings is 2. The molecule has 164 valence electrons. The van der Waals surface area contributed by atoms with E-state index in [1.54, 1.807) is 6.07 Å². The van der Waals surface area contributed by atoms with Crippen molar-refractivity contribution in [2.24, 2.45) is 5.92 Å². The van der Waals surface area contributed by atoms with E-state index >= 15 is 0 Å². The Kier molecular flexibility index (Phi) is 6.75. The molecule has 1 aliphatic rings. The Bertz CT molecular complexity index is 1040. The number of aromatic nitrogens is 2. The van der Waals surface area contributed by atoms with E-state index in [2.05, 4.69) is 37.9 Å². The van der Waals surface area contributed by atoms with Crippen LogP contribution in [0, 0.1) is 12.8 Å². The number of nitrogens with one attached hydrogen (secondary N) is 2. The minimum absolute atomic E-state index is 0.000538. The molecule has 7 heteroatoms. The molecule has 0 atom stereocenters. The summed E-state index contributed by atoms with van der Waals surface area (Å²) in [5, 5.41) is 14.2. The highest BCUT2D eigenvalue weighted by Gasteiger charge is 2.25. The Hall–Kier alpha value is -3.74. The molecular weight excluding hydrogens is 402 g/mol. The lowest BCUT2D eigenvalue weighted by molar-refractivity contribution is -0.125. The summed E-state index contributed by atoms with van der Waals surface area (Å²) < 4.78 is 0. The van der Waals surface area contributed by atoms with E-state index in [0.29, 0.717) is 12.2 Å². The molecule has 7 nitrogen and oxygen atoms in total. The van der Waals surface area contributed by atoms with E-state index in [9.17, 15) is 9.59 Å². The van der Waals surface area contributed by atoms with Gasteiger partial charge in [0.1, 0.15) is 0 Å². The molecule has 1 aliphatic heterocycles. The Morgan fingerprint density at radius 1 is 0.938 bits per heavy atom. The van der Waals surface area contributed by atoms with Crippen molar-refractivity contribution in [2.75, 3.05) is 23.3 Å². The van der Waals surface area contributed by atoms with Crippen LogP contribution in [0.25, 0.3) is 0 Å². The average molecular weight is 430 g/mol. The first-order chi connectivity index (χ1) is 15.6. The summed E-state index contributed by atoms with van der Waals surface area (Å²) in [6.07, 6.45) is 1.52. The third-order valence-corrected chi connectivity index (χ3v) is 5.69. The Balaban J connectivity index is 1.26. The van der Waals surface area contributed by atoms with Crippen molar-refractivity contribution in [1.29, 1.82) is 0 Å². The zero-order valence-electron chi connectivity index (χ0n) is 18.1. The molecular formula is C25H27N5O2. The minimum Gasteiger partial charge on any atom is -0.355 e. The van der Waals surface area contributed by atoms with Gasteiger partial charge in [0.25, 0.3) is 5.91 Å². The lowest BCUT2D eigenvalue weighted by Gasteiger charge is -2.31. The van der Waals surface area contributed by atoms with E-state index in [-0.39, 0.29) is 23.4 Å². The molecule has 0 radical (unpaired) electrons. The Morgan fingerprint density at radius 3 is 2.31 bits per heavy atom. The van der Waals surface area contributed by atoms with Gasteiger partial charge in [-0.15, -0.1) is 10.2 Å². The number of rotatable bonds is 6. The number of nitrogens with zero attached hydrogens (tertiary/aromatic N) is 3. The number of piperidine rings is 1. The molecule has 3 aromatic rings. The largest absolute Gasteiger partial charge is 0.355 e. The summed E-state index contributed by atoms with van der Waals surface area (Å²) >= 11 is 0. The van der Waals surface area contributed by atoms with Crippen LogP contribution in [0.4, 0.5) is 11.5 Å². The van der Waals surface area contributed by atoms with Crippen molar-refractivity contribution in [3.05, 3.63) is 83.6 Å². The van der Waals surface area contributed by atoms with Crippen LogP contribution in [0.3, 0.4) is 0 Å². The fourth-order valence-corrected chi connectivity index (χ4v) is 3.74. The maximum atomic E-state index is 12.5. The van der Waals surface area contributed by atoms with Gasteiger partial charge in [-0.25, -0.2) is 0 Å². The summed E-state index contributed by atoms with van der Waals surface area (Å²) in [6, 6.07) is 20.9. The van der Waals surface area contributed by atoms with Crippen molar-refractivity contribution in [1.82, 2.24) is 15.5 Å². The van der Waals surface area contributed by atoms with Crippen LogP contribution in [0.1, 0.15) is 34.5 Å². The topological polar surface area (TPSA) is 87.2 Å². The van der Waals surface area contributed by atoms with Gasteiger partial charge in [-0.05, 0) is 49.6 Å². The highest BCUT2D eigenvalue weighted by atomic mass is 16.2. The number of amides is 2. The molecule has 4 rings (SSSR count). The standard InChI is InChI=1S/C25H27N5O2/c1-18-7-9-19(10-8-18)17-26-24(31)20-13-15-30(16-14-20)23-12-11-22(28-29-23)25(32)27-21-5-3-2-4-6-21/h2-12,20H,13-17H2,1H3,(H,26,31)(H,27,32). The van der Waals surface area contributed by atoms with Gasteiger partial charge in [-0.1, -0.05) is 48.0 Å². The van der Waals surface area contributed by atoms with E-state index in [1.165, 1.54) is 5.56 Å². The van der Waals surface area contributed by atoms with Crippen LogP contribution in [-0.2, 0) is 11.3 Å². The molecule has 0 bridgehead atoms. The van der Waals surface area contributed by atoms with Crippen molar-refractivity contribution in [2.45, 2.75) is 26.3 Å². The molecule has 0 spiro atoms. The van der Waals surface area contributed by atoms with E-state index in [4.69, 9.17) is 0 Å². The van der Waals surface area contributed by atoms with Crippen LogP contribution in [0.15, 0.2) is 66.7 Å². The van der Waals surface area contributed by atoms with Gasteiger partial charge >= 0.3 is 0 Å². The van der Waals surface area contributed by atoms with Crippen molar-refractivity contribution >= 4 is 23.3 Å². The van der Waals surface area contributed by atoms with Gasteiger partial charge in [-0.3, -0.25) is 9.59 Å². The number of para-hydroxylation sites is 1. The summed E-state index contributed by atoms with van der Waals surface area (Å²) in [7, 11) is 0. The predicted octanol–water partition coefficient (Wildman–Crippen LogP) is 3.57. The normalized spacial score (nSPS) is 14.1. The van der Waals surface area contributed by atoms with E-state index in [0.717, 1.165) is 37.3 Å². The van der Waals surface area contributed by atoms with E-state index in [1.807, 2.05) is 55.5 Å². The Morgan fingerprint density at radius 2 is 1.66 bits per heavy atom. The van der Waals surface area contributed by atoms with Crippen LogP contribution in [0.5, 0.6) is 0 Å². The SMILES string of the molecule is Cc1ccc(CNC(=O)C2CCN(c3ccc(C(=O)Nc4ccccc4)nn3)CC2)cc1. The first kappa shape index (κ1) is 21.5. The number of hydrogen-bond acceptors (Lipinski definition) is 5. The second kappa shape index (κ2) is 10.0. The molecule has 1 fully saturated rings. The van der Waals surface area contributed by atoms with Gasteiger partial charge in [-0.2, -0.15) is 0 Å². The molecule has 32 heavy (non-hydrogen) atoms. The molecule has 1 saturated heterocycles. The van der Waals surface area contributed by atoms with Crippen molar-refractivity contribution in [3.63, 3.8) is 0 Å². The van der Waals surface area contributed by atoms with Crippen LogP contribution >= 0.6 is 0 Å². The lowest BCUT2D eigenvalue weighted by atomic mass is 9.96. The number of anilines is 2. The van der Waals surface area contributed by atoms with E-state index < -0.39 is 0 Å². The molecule has 0 unspecified atom stereocenters.